The van der Waals surface area contributed by atoms with Crippen LogP contribution in [0.2, 0.25) is 0 Å². The number of likely N-dealkylation sites (tertiary alicyclic amines) is 1. The zero-order chi connectivity index (χ0) is 10.9. The van der Waals surface area contributed by atoms with Crippen LogP contribution < -0.4 is 0 Å². The number of hydrogen-bond acceptors (Lipinski definition) is 3. The second-order valence-corrected chi connectivity index (χ2v) is 4.81. The van der Waals surface area contributed by atoms with Gasteiger partial charge < -0.3 is 4.90 Å². The van der Waals surface area contributed by atoms with Gasteiger partial charge in [0.05, 0.1) is 6.20 Å². The zero-order valence-corrected chi connectivity index (χ0v) is 9.16. The molecule has 0 saturated carbocycles. The minimum Gasteiger partial charge on any atom is -0.337 e. The Morgan fingerprint density at radius 1 is 1.47 bits per heavy atom. The molecule has 1 N–H and O–H groups in total. The predicted molar refractivity (Wildman–Crippen MR) is 55.3 cm³/mol. The summed E-state index contributed by atoms with van der Waals surface area (Å²) in [6.07, 6.45) is 3.58. The molecule has 1 aliphatic heterocycles. The van der Waals surface area contributed by atoms with Crippen LogP contribution in [-0.4, -0.2) is 39.3 Å². The van der Waals surface area contributed by atoms with Gasteiger partial charge in [-0.1, -0.05) is 13.8 Å². The summed E-state index contributed by atoms with van der Waals surface area (Å²) in [7, 11) is 0. The first-order valence-corrected chi connectivity index (χ1v) is 5.23. The number of rotatable bonds is 1. The summed E-state index contributed by atoms with van der Waals surface area (Å²) in [6, 6.07) is 0. The number of nitrogens with zero attached hydrogens (tertiary/aromatic N) is 3. The molecule has 0 aliphatic carbocycles. The topological polar surface area (TPSA) is 61.9 Å². The van der Waals surface area contributed by atoms with Gasteiger partial charge in [-0.3, -0.25) is 4.79 Å². The number of H-pyrrole nitrogens is 1. The fourth-order valence-corrected chi connectivity index (χ4v) is 1.78. The molecule has 0 spiro atoms. The van der Waals surface area contributed by atoms with E-state index in [1.807, 2.05) is 4.90 Å². The number of aromatic nitrogens is 3. The van der Waals surface area contributed by atoms with Crippen molar-refractivity contribution in [3.05, 3.63) is 11.9 Å². The number of nitrogens with one attached hydrogen (secondary N) is 1. The van der Waals surface area contributed by atoms with Crippen LogP contribution in [0.15, 0.2) is 6.20 Å². The highest BCUT2D eigenvalue weighted by Crippen LogP contribution is 2.29. The van der Waals surface area contributed by atoms with Gasteiger partial charge in [0, 0.05) is 13.1 Å². The van der Waals surface area contributed by atoms with Gasteiger partial charge in [0.1, 0.15) is 0 Å². The lowest BCUT2D eigenvalue weighted by atomic mass is 9.82. The molecule has 1 saturated heterocycles. The molecule has 0 unspecified atom stereocenters. The molecular formula is C10H16N4O. The third-order valence-corrected chi connectivity index (χ3v) is 3.04. The fourth-order valence-electron chi connectivity index (χ4n) is 1.78. The molecular weight excluding hydrogens is 192 g/mol. The van der Waals surface area contributed by atoms with E-state index in [-0.39, 0.29) is 5.91 Å². The van der Waals surface area contributed by atoms with Gasteiger partial charge in [0.15, 0.2) is 5.69 Å². The summed E-state index contributed by atoms with van der Waals surface area (Å²) in [6.45, 7) is 6.12. The molecule has 0 atom stereocenters. The van der Waals surface area contributed by atoms with E-state index in [0.717, 1.165) is 25.9 Å². The van der Waals surface area contributed by atoms with E-state index in [4.69, 9.17) is 0 Å². The van der Waals surface area contributed by atoms with Crippen LogP contribution in [-0.2, 0) is 0 Å². The van der Waals surface area contributed by atoms with Crippen LogP contribution in [0, 0.1) is 5.41 Å². The molecule has 1 fully saturated rings. The van der Waals surface area contributed by atoms with Crippen LogP contribution in [0.4, 0.5) is 0 Å². The minimum absolute atomic E-state index is 0.0146. The van der Waals surface area contributed by atoms with Gasteiger partial charge >= 0.3 is 0 Å². The van der Waals surface area contributed by atoms with Crippen LogP contribution in [0.25, 0.3) is 0 Å². The molecule has 15 heavy (non-hydrogen) atoms. The maximum absolute atomic E-state index is 11.9. The molecule has 1 aliphatic rings. The van der Waals surface area contributed by atoms with E-state index in [9.17, 15) is 4.79 Å². The predicted octanol–water partition coefficient (Wildman–Crippen LogP) is 1.07. The smallest absolute Gasteiger partial charge is 0.276 e. The summed E-state index contributed by atoms with van der Waals surface area (Å²) in [5.41, 5.74) is 0.773. The van der Waals surface area contributed by atoms with Gasteiger partial charge in [0.2, 0.25) is 0 Å². The first kappa shape index (κ1) is 10.1. The van der Waals surface area contributed by atoms with E-state index in [2.05, 4.69) is 29.3 Å². The molecule has 82 valence electrons. The molecule has 0 radical (unpaired) electrons. The fraction of sp³-hybridized carbons (Fsp3) is 0.700. The largest absolute Gasteiger partial charge is 0.337 e. The number of carbonyl (C=O) groups excluding carboxylic acids is 1. The minimum atomic E-state index is -0.0146. The maximum Gasteiger partial charge on any atom is 0.276 e. The number of piperidine rings is 1. The Morgan fingerprint density at radius 2 is 2.13 bits per heavy atom. The van der Waals surface area contributed by atoms with Crippen molar-refractivity contribution >= 4 is 5.91 Å². The van der Waals surface area contributed by atoms with E-state index < -0.39 is 0 Å². The summed E-state index contributed by atoms with van der Waals surface area (Å²) < 4.78 is 0. The molecule has 0 aromatic carbocycles. The monoisotopic (exact) mass is 208 g/mol. The molecule has 1 aromatic heterocycles. The number of aromatic amines is 1. The van der Waals surface area contributed by atoms with Crippen molar-refractivity contribution in [2.45, 2.75) is 26.7 Å². The van der Waals surface area contributed by atoms with Crippen molar-refractivity contribution in [3.63, 3.8) is 0 Å². The van der Waals surface area contributed by atoms with Crippen molar-refractivity contribution < 1.29 is 4.79 Å². The third kappa shape index (κ3) is 2.16. The molecule has 1 amide bonds. The van der Waals surface area contributed by atoms with Crippen molar-refractivity contribution in [1.82, 2.24) is 20.3 Å². The van der Waals surface area contributed by atoms with E-state index in [1.54, 1.807) is 0 Å². The Bertz CT molecular complexity index is 334. The van der Waals surface area contributed by atoms with E-state index in [0.29, 0.717) is 11.1 Å². The van der Waals surface area contributed by atoms with Gasteiger partial charge in [-0.2, -0.15) is 15.4 Å². The van der Waals surface area contributed by atoms with E-state index >= 15 is 0 Å². The zero-order valence-electron chi connectivity index (χ0n) is 9.16. The summed E-state index contributed by atoms with van der Waals surface area (Å²) in [4.78, 5) is 13.7. The molecule has 5 heteroatoms. The highest BCUT2D eigenvalue weighted by atomic mass is 16.2. The van der Waals surface area contributed by atoms with Crippen molar-refractivity contribution in [3.8, 4) is 0 Å². The van der Waals surface area contributed by atoms with Crippen LogP contribution >= 0.6 is 0 Å². The molecule has 2 rings (SSSR count). The second-order valence-electron chi connectivity index (χ2n) is 4.81. The van der Waals surface area contributed by atoms with Crippen LogP contribution in [0.3, 0.4) is 0 Å². The Balaban J connectivity index is 2.00. The summed E-state index contributed by atoms with van der Waals surface area (Å²) in [5, 5.41) is 9.90. The lowest BCUT2D eigenvalue weighted by Crippen LogP contribution is -2.41. The second kappa shape index (κ2) is 3.64. The Kier molecular flexibility index (Phi) is 2.46. The highest BCUT2D eigenvalue weighted by Gasteiger charge is 2.28. The van der Waals surface area contributed by atoms with Crippen LogP contribution in [0.1, 0.15) is 37.2 Å². The van der Waals surface area contributed by atoms with Crippen molar-refractivity contribution in [2.75, 3.05) is 13.1 Å². The number of hydrogen-bond donors (Lipinski definition) is 1. The Labute approximate surface area is 88.9 Å². The average molecular weight is 208 g/mol. The molecule has 1 aromatic rings. The molecule has 0 bridgehead atoms. The first-order valence-electron chi connectivity index (χ1n) is 5.23. The Morgan fingerprint density at radius 3 is 2.67 bits per heavy atom. The van der Waals surface area contributed by atoms with Crippen molar-refractivity contribution in [1.29, 1.82) is 0 Å². The van der Waals surface area contributed by atoms with Crippen LogP contribution in [0.5, 0.6) is 0 Å². The average Bonchev–Trinajstić information content (AvgIpc) is 2.69. The lowest BCUT2D eigenvalue weighted by molar-refractivity contribution is 0.0624. The molecule has 2 heterocycles. The normalized spacial score (nSPS) is 20.3. The summed E-state index contributed by atoms with van der Waals surface area (Å²) in [5.74, 6) is -0.0146. The van der Waals surface area contributed by atoms with Gasteiger partial charge in [-0.05, 0) is 18.3 Å². The first-order chi connectivity index (χ1) is 7.08. The third-order valence-electron chi connectivity index (χ3n) is 3.04. The number of carbonyl (C=O) groups is 1. The highest BCUT2D eigenvalue weighted by molar-refractivity contribution is 5.91. The quantitative estimate of drug-likeness (QED) is 0.750. The SMILES string of the molecule is CC1(C)CCN(C(=O)c2cn[nH]n2)CC1. The van der Waals surface area contributed by atoms with E-state index in [1.165, 1.54) is 6.20 Å². The summed E-state index contributed by atoms with van der Waals surface area (Å²) >= 11 is 0. The van der Waals surface area contributed by atoms with Gasteiger partial charge in [0.25, 0.3) is 5.91 Å². The van der Waals surface area contributed by atoms with Gasteiger partial charge in [-0.15, -0.1) is 0 Å². The standard InChI is InChI=1S/C10H16N4O/c1-10(2)3-5-14(6-4-10)9(15)8-7-11-13-12-8/h7H,3-6H2,1-2H3,(H,11,12,13). The van der Waals surface area contributed by atoms with Crippen molar-refractivity contribution in [2.24, 2.45) is 5.41 Å². The van der Waals surface area contributed by atoms with Gasteiger partial charge in [-0.25, -0.2) is 0 Å². The lowest BCUT2D eigenvalue weighted by Gasteiger charge is -2.36. The number of amides is 1. The Hall–Kier alpha value is -1.39. The molecule has 5 nitrogen and oxygen atoms in total. The maximum atomic E-state index is 11.9.